The molecule has 2 rings (SSSR count). The van der Waals surface area contributed by atoms with Crippen molar-refractivity contribution in [1.82, 2.24) is 5.32 Å². The van der Waals surface area contributed by atoms with Crippen LogP contribution in [0.1, 0.15) is 28.8 Å². The molecule has 1 saturated carbocycles. The summed E-state index contributed by atoms with van der Waals surface area (Å²) < 4.78 is 13.0. The monoisotopic (exact) mass is 255 g/mol. The number of hydrogen-bond acceptors (Lipinski definition) is 1. The molecule has 0 bridgehead atoms. The Morgan fingerprint density at radius 3 is 2.88 bits per heavy atom. The molecular weight excluding hydrogens is 241 g/mol. The SMILES string of the molecule is Cc1cc(C(=O)NCC(Cl)C2CC2)ccc1F. The van der Waals surface area contributed by atoms with E-state index in [9.17, 15) is 9.18 Å². The second-order valence-corrected chi connectivity index (χ2v) is 5.09. The van der Waals surface area contributed by atoms with E-state index in [0.717, 1.165) is 12.8 Å². The number of benzene rings is 1. The van der Waals surface area contributed by atoms with Crippen LogP contribution in [0, 0.1) is 18.7 Å². The Kier molecular flexibility index (Phi) is 3.67. The molecule has 1 aliphatic rings. The number of carbonyl (C=O) groups is 1. The largest absolute Gasteiger partial charge is 0.351 e. The Balaban J connectivity index is 1.92. The minimum atomic E-state index is -0.297. The van der Waals surface area contributed by atoms with Crippen molar-refractivity contribution in [2.75, 3.05) is 6.54 Å². The van der Waals surface area contributed by atoms with E-state index in [2.05, 4.69) is 5.32 Å². The lowest BCUT2D eigenvalue weighted by Gasteiger charge is -2.10. The van der Waals surface area contributed by atoms with Crippen molar-refractivity contribution >= 4 is 17.5 Å². The molecule has 0 radical (unpaired) electrons. The molecule has 1 unspecified atom stereocenters. The van der Waals surface area contributed by atoms with Crippen molar-refractivity contribution in [3.05, 3.63) is 35.1 Å². The predicted octanol–water partition coefficient (Wildman–Crippen LogP) is 2.88. The summed E-state index contributed by atoms with van der Waals surface area (Å²) in [5.74, 6) is 0.0565. The average molecular weight is 256 g/mol. The lowest BCUT2D eigenvalue weighted by Crippen LogP contribution is -2.30. The summed E-state index contributed by atoms with van der Waals surface area (Å²) in [5, 5.41) is 2.79. The summed E-state index contributed by atoms with van der Waals surface area (Å²) in [5.41, 5.74) is 0.950. The van der Waals surface area contributed by atoms with E-state index in [1.807, 2.05) is 0 Å². The first kappa shape index (κ1) is 12.4. The molecule has 1 aromatic carbocycles. The van der Waals surface area contributed by atoms with Crippen LogP contribution in [0.3, 0.4) is 0 Å². The molecule has 1 aliphatic carbocycles. The Bertz CT molecular complexity index is 431. The van der Waals surface area contributed by atoms with Gasteiger partial charge >= 0.3 is 0 Å². The molecule has 1 amide bonds. The fourth-order valence-electron chi connectivity index (χ4n) is 1.70. The summed E-state index contributed by atoms with van der Waals surface area (Å²) in [6.45, 7) is 2.11. The molecule has 1 fully saturated rings. The summed E-state index contributed by atoms with van der Waals surface area (Å²) in [4.78, 5) is 11.8. The summed E-state index contributed by atoms with van der Waals surface area (Å²) in [6.07, 6.45) is 2.30. The third kappa shape index (κ3) is 3.19. The molecule has 1 N–H and O–H groups in total. The lowest BCUT2D eigenvalue weighted by molar-refractivity contribution is 0.0953. The molecule has 17 heavy (non-hydrogen) atoms. The maximum Gasteiger partial charge on any atom is 0.251 e. The molecule has 0 saturated heterocycles. The molecule has 0 spiro atoms. The number of alkyl halides is 1. The average Bonchev–Trinajstić information content (AvgIpc) is 3.13. The first-order chi connectivity index (χ1) is 8.08. The van der Waals surface area contributed by atoms with Crippen LogP contribution in [0.2, 0.25) is 0 Å². The van der Waals surface area contributed by atoms with Gasteiger partial charge in [0.15, 0.2) is 0 Å². The molecular formula is C13H15ClFNO. The van der Waals surface area contributed by atoms with Gasteiger partial charge in [0.1, 0.15) is 5.82 Å². The van der Waals surface area contributed by atoms with Crippen molar-refractivity contribution in [2.24, 2.45) is 5.92 Å². The van der Waals surface area contributed by atoms with Crippen LogP contribution in [-0.4, -0.2) is 17.8 Å². The van der Waals surface area contributed by atoms with E-state index in [0.29, 0.717) is 23.6 Å². The highest BCUT2D eigenvalue weighted by molar-refractivity contribution is 6.21. The number of carbonyl (C=O) groups excluding carboxylic acids is 1. The molecule has 92 valence electrons. The maximum atomic E-state index is 13.0. The number of hydrogen-bond donors (Lipinski definition) is 1. The van der Waals surface area contributed by atoms with Crippen molar-refractivity contribution in [2.45, 2.75) is 25.1 Å². The van der Waals surface area contributed by atoms with Gasteiger partial charge in [-0.3, -0.25) is 4.79 Å². The second kappa shape index (κ2) is 5.05. The third-order valence-corrected chi connectivity index (χ3v) is 3.52. The first-order valence-electron chi connectivity index (χ1n) is 5.76. The number of aryl methyl sites for hydroxylation is 1. The Hall–Kier alpha value is -1.09. The Morgan fingerprint density at radius 1 is 1.59 bits per heavy atom. The third-order valence-electron chi connectivity index (χ3n) is 3.01. The first-order valence-corrected chi connectivity index (χ1v) is 6.20. The van der Waals surface area contributed by atoms with E-state index < -0.39 is 0 Å². The van der Waals surface area contributed by atoms with Crippen molar-refractivity contribution in [3.8, 4) is 0 Å². The zero-order valence-corrected chi connectivity index (χ0v) is 10.4. The lowest BCUT2D eigenvalue weighted by atomic mass is 10.1. The molecule has 0 aromatic heterocycles. The fraction of sp³-hybridized carbons (Fsp3) is 0.462. The van der Waals surface area contributed by atoms with Crippen LogP contribution >= 0.6 is 11.6 Å². The van der Waals surface area contributed by atoms with Gasteiger partial charge in [0.05, 0.1) is 5.38 Å². The van der Waals surface area contributed by atoms with Gasteiger partial charge in [-0.25, -0.2) is 4.39 Å². The highest BCUT2D eigenvalue weighted by Gasteiger charge is 2.29. The standard InChI is InChI=1S/C13H15ClFNO/c1-8-6-10(4-5-12(8)15)13(17)16-7-11(14)9-2-3-9/h4-6,9,11H,2-3,7H2,1H3,(H,16,17). The van der Waals surface area contributed by atoms with Gasteiger partial charge < -0.3 is 5.32 Å². The normalized spacial score (nSPS) is 16.6. The highest BCUT2D eigenvalue weighted by Crippen LogP contribution is 2.35. The van der Waals surface area contributed by atoms with E-state index in [-0.39, 0.29) is 17.1 Å². The van der Waals surface area contributed by atoms with Gasteiger partial charge in [-0.05, 0) is 49.4 Å². The predicted molar refractivity (Wildman–Crippen MR) is 65.8 cm³/mol. The van der Waals surface area contributed by atoms with Gasteiger partial charge in [0.2, 0.25) is 0 Å². The van der Waals surface area contributed by atoms with E-state index >= 15 is 0 Å². The number of rotatable bonds is 4. The molecule has 4 heteroatoms. The summed E-state index contributed by atoms with van der Waals surface area (Å²) in [7, 11) is 0. The molecule has 0 aliphatic heterocycles. The highest BCUT2D eigenvalue weighted by atomic mass is 35.5. The van der Waals surface area contributed by atoms with Crippen LogP contribution < -0.4 is 5.32 Å². The van der Waals surface area contributed by atoms with Crippen molar-refractivity contribution in [3.63, 3.8) is 0 Å². The van der Waals surface area contributed by atoms with Crippen LogP contribution in [0.15, 0.2) is 18.2 Å². The van der Waals surface area contributed by atoms with Crippen LogP contribution in [0.4, 0.5) is 4.39 Å². The zero-order valence-electron chi connectivity index (χ0n) is 9.67. The molecule has 1 aromatic rings. The van der Waals surface area contributed by atoms with Gasteiger partial charge in [-0.1, -0.05) is 0 Å². The van der Waals surface area contributed by atoms with Crippen LogP contribution in [0.25, 0.3) is 0 Å². The quantitative estimate of drug-likeness (QED) is 0.824. The van der Waals surface area contributed by atoms with Gasteiger partial charge in [0.25, 0.3) is 5.91 Å². The van der Waals surface area contributed by atoms with Crippen molar-refractivity contribution in [1.29, 1.82) is 0 Å². The minimum Gasteiger partial charge on any atom is -0.351 e. The second-order valence-electron chi connectivity index (χ2n) is 4.53. The number of nitrogens with one attached hydrogen (secondary N) is 1. The van der Waals surface area contributed by atoms with E-state index in [1.165, 1.54) is 12.1 Å². The van der Waals surface area contributed by atoms with Gasteiger partial charge in [-0.2, -0.15) is 0 Å². The topological polar surface area (TPSA) is 29.1 Å². The molecule has 1 atom stereocenters. The number of halogens is 2. The zero-order chi connectivity index (χ0) is 12.4. The van der Waals surface area contributed by atoms with Crippen LogP contribution in [-0.2, 0) is 0 Å². The summed E-state index contributed by atoms with van der Waals surface area (Å²) >= 11 is 6.09. The van der Waals surface area contributed by atoms with Gasteiger partial charge in [0, 0.05) is 12.1 Å². The molecule has 0 heterocycles. The van der Waals surface area contributed by atoms with Crippen LogP contribution in [0.5, 0.6) is 0 Å². The Morgan fingerprint density at radius 2 is 2.29 bits per heavy atom. The smallest absolute Gasteiger partial charge is 0.251 e. The van der Waals surface area contributed by atoms with E-state index in [4.69, 9.17) is 11.6 Å². The van der Waals surface area contributed by atoms with Crippen molar-refractivity contribution < 1.29 is 9.18 Å². The fourth-order valence-corrected chi connectivity index (χ4v) is 2.03. The minimum absolute atomic E-state index is 0.0143. The number of amides is 1. The molecule has 2 nitrogen and oxygen atoms in total. The van der Waals surface area contributed by atoms with Gasteiger partial charge in [-0.15, -0.1) is 11.6 Å². The maximum absolute atomic E-state index is 13.0. The summed E-state index contributed by atoms with van der Waals surface area (Å²) in [6, 6.07) is 4.34. The van der Waals surface area contributed by atoms with E-state index in [1.54, 1.807) is 13.0 Å². The Labute approximate surface area is 105 Å².